The second-order valence-corrected chi connectivity index (χ2v) is 11.6. The summed E-state index contributed by atoms with van der Waals surface area (Å²) in [7, 11) is 0. The Bertz CT molecular complexity index is 1360. The minimum Gasteiger partial charge on any atom is -0.490 e. The molecule has 0 saturated heterocycles. The number of allylic oxidation sites excluding steroid dienone is 2. The van der Waals surface area contributed by atoms with Crippen LogP contribution in [0.25, 0.3) is 0 Å². The fourth-order valence-electron chi connectivity index (χ4n) is 5.13. The fraction of sp³-hybridized carbons (Fsp3) is 0.414. The molecule has 194 valence electrons. The van der Waals surface area contributed by atoms with Gasteiger partial charge in [-0.15, -0.1) is 5.10 Å². The highest BCUT2D eigenvalue weighted by Gasteiger charge is 2.42. The summed E-state index contributed by atoms with van der Waals surface area (Å²) in [6.07, 6.45) is 1.28. The molecule has 37 heavy (non-hydrogen) atoms. The Balaban J connectivity index is 1.54. The number of hydrogen-bond donors (Lipinski definition) is 1. The molecule has 0 spiro atoms. The molecular weight excluding hydrogens is 484 g/mol. The van der Waals surface area contributed by atoms with Gasteiger partial charge < -0.3 is 14.8 Å². The fourth-order valence-corrected chi connectivity index (χ4v) is 5.69. The zero-order chi connectivity index (χ0) is 26.2. The van der Waals surface area contributed by atoms with Gasteiger partial charge in [0.15, 0.2) is 17.3 Å². The van der Waals surface area contributed by atoms with E-state index in [0.717, 1.165) is 34.6 Å². The molecule has 7 nitrogen and oxygen atoms in total. The molecule has 1 N–H and O–H groups in total. The number of thioether (sulfide) groups is 1. The number of aromatic nitrogens is 3. The Morgan fingerprint density at radius 3 is 2.70 bits per heavy atom. The van der Waals surface area contributed by atoms with Crippen LogP contribution >= 0.6 is 11.8 Å². The number of nitrogens with zero attached hydrogens (tertiary/aromatic N) is 3. The molecule has 0 amide bonds. The third kappa shape index (κ3) is 5.25. The van der Waals surface area contributed by atoms with E-state index in [1.165, 1.54) is 5.56 Å². The summed E-state index contributed by atoms with van der Waals surface area (Å²) in [5.41, 5.74) is 4.82. The van der Waals surface area contributed by atoms with Crippen LogP contribution in [0.3, 0.4) is 0 Å². The Labute approximate surface area is 222 Å². The van der Waals surface area contributed by atoms with Crippen molar-refractivity contribution in [3.63, 3.8) is 0 Å². The van der Waals surface area contributed by atoms with Gasteiger partial charge in [-0.3, -0.25) is 4.79 Å². The number of ketones is 1. The number of ether oxygens (including phenoxy) is 2. The van der Waals surface area contributed by atoms with Crippen molar-refractivity contribution in [2.45, 2.75) is 65.3 Å². The van der Waals surface area contributed by atoms with Gasteiger partial charge >= 0.3 is 0 Å². The predicted octanol–water partition coefficient (Wildman–Crippen LogP) is 6.33. The van der Waals surface area contributed by atoms with Crippen LogP contribution in [0.2, 0.25) is 0 Å². The molecule has 8 heteroatoms. The summed E-state index contributed by atoms with van der Waals surface area (Å²) in [5.74, 6) is 3.01. The lowest BCUT2D eigenvalue weighted by Gasteiger charge is -2.38. The summed E-state index contributed by atoms with van der Waals surface area (Å²) >= 11 is 1.59. The number of hydrogen-bond acceptors (Lipinski definition) is 7. The standard InChI is InChI=1S/C29H34N4O3S/c1-6-35-24-14-20(11-12-23(24)36-17-19-10-8-9-18(3)13-19)26-25-21(15-29(4,5)16-22(25)34)30-27-31-28(37-7-2)32-33(26)27/h8-14,26H,6-7,15-17H2,1-5H3,(H,30,31,32). The highest BCUT2D eigenvalue weighted by Crippen LogP contribution is 2.46. The molecule has 1 atom stereocenters. The Morgan fingerprint density at radius 2 is 1.95 bits per heavy atom. The summed E-state index contributed by atoms with van der Waals surface area (Å²) < 4.78 is 14.0. The molecular formula is C29H34N4O3S. The number of anilines is 1. The molecule has 2 aromatic carbocycles. The van der Waals surface area contributed by atoms with Crippen LogP contribution in [0.4, 0.5) is 5.95 Å². The predicted molar refractivity (Wildman–Crippen MR) is 146 cm³/mol. The number of rotatable bonds is 8. The van der Waals surface area contributed by atoms with Gasteiger partial charge in [0.05, 0.1) is 6.61 Å². The van der Waals surface area contributed by atoms with E-state index in [9.17, 15) is 4.79 Å². The van der Waals surface area contributed by atoms with E-state index in [1.54, 1.807) is 11.8 Å². The van der Waals surface area contributed by atoms with Gasteiger partial charge in [0.2, 0.25) is 11.1 Å². The second kappa shape index (κ2) is 10.2. The summed E-state index contributed by atoms with van der Waals surface area (Å²) in [5, 5.41) is 8.93. The third-order valence-electron chi connectivity index (χ3n) is 6.65. The molecule has 0 bridgehead atoms. The summed E-state index contributed by atoms with van der Waals surface area (Å²) in [4.78, 5) is 18.2. The second-order valence-electron chi connectivity index (χ2n) is 10.4. The zero-order valence-corrected chi connectivity index (χ0v) is 22.9. The number of benzene rings is 2. The molecule has 1 aliphatic heterocycles. The number of Topliss-reactive ketones (excluding diaryl/α,β-unsaturated/α-hetero) is 1. The molecule has 2 aliphatic rings. The van der Waals surface area contributed by atoms with Crippen LogP contribution in [-0.4, -0.2) is 32.9 Å². The van der Waals surface area contributed by atoms with Gasteiger partial charge in [0, 0.05) is 17.7 Å². The quantitative estimate of drug-likeness (QED) is 0.349. The van der Waals surface area contributed by atoms with Gasteiger partial charge in [0.25, 0.3) is 0 Å². The smallest absolute Gasteiger partial charge is 0.227 e. The SMILES string of the molecule is CCOc1cc(C2C3=C(CC(C)(C)CC3=O)Nc3nc(SCC)nn32)ccc1OCc1cccc(C)c1. The molecule has 0 radical (unpaired) electrons. The summed E-state index contributed by atoms with van der Waals surface area (Å²) in [6.45, 7) is 11.3. The first-order valence-electron chi connectivity index (χ1n) is 12.9. The number of fused-ring (bicyclic) bond motifs is 1. The first-order chi connectivity index (χ1) is 17.8. The van der Waals surface area contributed by atoms with Crippen molar-refractivity contribution in [2.75, 3.05) is 17.7 Å². The van der Waals surface area contributed by atoms with Crippen molar-refractivity contribution in [1.82, 2.24) is 14.8 Å². The Morgan fingerprint density at radius 1 is 1.11 bits per heavy atom. The first-order valence-corrected chi connectivity index (χ1v) is 13.8. The number of nitrogens with one attached hydrogen (secondary N) is 1. The van der Waals surface area contributed by atoms with Crippen molar-refractivity contribution in [3.8, 4) is 11.5 Å². The topological polar surface area (TPSA) is 78.3 Å². The highest BCUT2D eigenvalue weighted by atomic mass is 32.2. The van der Waals surface area contributed by atoms with E-state index in [4.69, 9.17) is 19.6 Å². The molecule has 3 aromatic rings. The van der Waals surface area contributed by atoms with Crippen molar-refractivity contribution in [1.29, 1.82) is 0 Å². The largest absolute Gasteiger partial charge is 0.490 e. The van der Waals surface area contributed by atoms with E-state index >= 15 is 0 Å². The third-order valence-corrected chi connectivity index (χ3v) is 7.37. The highest BCUT2D eigenvalue weighted by molar-refractivity contribution is 7.99. The average Bonchev–Trinajstić information content (AvgIpc) is 3.23. The molecule has 1 unspecified atom stereocenters. The van der Waals surface area contributed by atoms with E-state index in [2.05, 4.69) is 51.2 Å². The normalized spacial score (nSPS) is 18.2. The maximum Gasteiger partial charge on any atom is 0.227 e. The Kier molecular flexibility index (Phi) is 7.03. The van der Waals surface area contributed by atoms with E-state index in [1.807, 2.05) is 35.9 Å². The molecule has 1 aliphatic carbocycles. The van der Waals surface area contributed by atoms with Gasteiger partial charge in [-0.25, -0.2) is 4.68 Å². The zero-order valence-electron chi connectivity index (χ0n) is 22.1. The van der Waals surface area contributed by atoms with Crippen molar-refractivity contribution in [3.05, 3.63) is 70.4 Å². The molecule has 0 saturated carbocycles. The number of aryl methyl sites for hydroxylation is 1. The van der Waals surface area contributed by atoms with Crippen LogP contribution in [0.15, 0.2) is 58.9 Å². The first kappa shape index (κ1) is 25.4. The van der Waals surface area contributed by atoms with Crippen LogP contribution in [-0.2, 0) is 11.4 Å². The van der Waals surface area contributed by atoms with E-state index in [0.29, 0.717) is 42.2 Å². The van der Waals surface area contributed by atoms with Crippen molar-refractivity contribution < 1.29 is 14.3 Å². The van der Waals surface area contributed by atoms with E-state index < -0.39 is 0 Å². The summed E-state index contributed by atoms with van der Waals surface area (Å²) in [6, 6.07) is 13.8. The Hall–Kier alpha value is -3.26. The minimum atomic E-state index is -0.376. The number of carbonyl (C=O) groups is 1. The van der Waals surface area contributed by atoms with Gasteiger partial charge in [0.1, 0.15) is 12.6 Å². The molecule has 0 fully saturated rings. The lowest BCUT2D eigenvalue weighted by Crippen LogP contribution is -2.36. The van der Waals surface area contributed by atoms with Crippen molar-refractivity contribution in [2.24, 2.45) is 5.41 Å². The van der Waals surface area contributed by atoms with Crippen LogP contribution in [0.5, 0.6) is 11.5 Å². The lowest BCUT2D eigenvalue weighted by atomic mass is 9.73. The van der Waals surface area contributed by atoms with Gasteiger partial charge in [-0.2, -0.15) is 4.98 Å². The maximum absolute atomic E-state index is 13.5. The lowest BCUT2D eigenvalue weighted by molar-refractivity contribution is -0.118. The molecule has 1 aromatic heterocycles. The van der Waals surface area contributed by atoms with Crippen molar-refractivity contribution >= 4 is 23.5 Å². The average molecular weight is 519 g/mol. The monoisotopic (exact) mass is 518 g/mol. The molecule has 2 heterocycles. The maximum atomic E-state index is 13.5. The molecule has 5 rings (SSSR count). The van der Waals surface area contributed by atoms with Crippen LogP contribution < -0.4 is 14.8 Å². The minimum absolute atomic E-state index is 0.110. The van der Waals surface area contributed by atoms with Crippen LogP contribution in [0, 0.1) is 12.3 Å². The van der Waals surface area contributed by atoms with Gasteiger partial charge in [-0.05, 0) is 54.7 Å². The number of carbonyl (C=O) groups excluding carboxylic acids is 1. The van der Waals surface area contributed by atoms with Gasteiger partial charge in [-0.1, -0.05) is 68.4 Å². The van der Waals surface area contributed by atoms with Crippen LogP contribution in [0.1, 0.15) is 63.3 Å². The van der Waals surface area contributed by atoms with E-state index in [-0.39, 0.29) is 17.2 Å².